The predicted octanol–water partition coefficient (Wildman–Crippen LogP) is 6.00. The van der Waals surface area contributed by atoms with E-state index in [0.717, 1.165) is 16.0 Å². The van der Waals surface area contributed by atoms with E-state index in [1.807, 2.05) is 50.2 Å². The Hall–Kier alpha value is -4.71. The topological polar surface area (TPSA) is 66.9 Å². The molecule has 0 radical (unpaired) electrons. The number of rotatable bonds is 6. The van der Waals surface area contributed by atoms with Gasteiger partial charge in [-0.25, -0.2) is 0 Å². The second kappa shape index (κ2) is 9.50. The van der Waals surface area contributed by atoms with Gasteiger partial charge in [0.15, 0.2) is 0 Å². The van der Waals surface area contributed by atoms with Crippen molar-refractivity contribution in [2.24, 2.45) is 0 Å². The fraction of sp³-hybridized carbons (Fsp3) is 0.100. The van der Waals surface area contributed by atoms with Crippen molar-refractivity contribution in [3.05, 3.63) is 125 Å². The van der Waals surface area contributed by atoms with Gasteiger partial charge in [-0.3, -0.25) is 24.2 Å². The fourth-order valence-electron chi connectivity index (χ4n) is 4.34. The third-order valence-electron chi connectivity index (χ3n) is 6.00. The highest BCUT2D eigenvalue weighted by molar-refractivity contribution is 6.22. The highest BCUT2D eigenvalue weighted by Crippen LogP contribution is 2.28. The summed E-state index contributed by atoms with van der Waals surface area (Å²) >= 11 is 0. The number of fused-ring (bicyclic) bond motifs is 1. The number of nitrogens with zero attached hydrogens (tertiary/aromatic N) is 2. The minimum absolute atomic E-state index is 0.211. The van der Waals surface area contributed by atoms with E-state index in [-0.39, 0.29) is 12.6 Å². The van der Waals surface area contributed by atoms with Crippen LogP contribution in [0.2, 0.25) is 0 Å². The molecule has 4 aromatic rings. The molecule has 0 fully saturated rings. The Bertz CT molecular complexity index is 1410. The molecule has 0 atom stereocenters. The Balaban J connectivity index is 1.48. The van der Waals surface area contributed by atoms with E-state index >= 15 is 0 Å². The Morgan fingerprint density at radius 1 is 0.722 bits per heavy atom. The average molecular weight is 477 g/mol. The van der Waals surface area contributed by atoms with Gasteiger partial charge in [0, 0.05) is 11.3 Å². The molecule has 0 N–H and O–H groups in total. The number of aryl methyl sites for hydroxylation is 2. The standard InChI is InChI=1S/C30H24N2O4/c1-20-16-21(2)18-22(17-20)28(33)31(19-32-29(34)26-10-6-7-11-27(26)30(32)35)23-12-14-25(15-13-23)36-24-8-4-3-5-9-24/h3-18H,19H2,1-2H3. The molecule has 178 valence electrons. The van der Waals surface area contributed by atoms with E-state index < -0.39 is 11.8 Å². The maximum absolute atomic E-state index is 13.7. The van der Waals surface area contributed by atoms with Crippen molar-refractivity contribution < 1.29 is 19.1 Å². The lowest BCUT2D eigenvalue weighted by Crippen LogP contribution is -2.44. The number of carbonyl (C=O) groups is 3. The van der Waals surface area contributed by atoms with Crippen molar-refractivity contribution in [3.63, 3.8) is 0 Å². The summed E-state index contributed by atoms with van der Waals surface area (Å²) in [5.74, 6) is 0.148. The molecule has 0 bridgehead atoms. The average Bonchev–Trinajstić information content (AvgIpc) is 3.12. The van der Waals surface area contributed by atoms with Crippen molar-refractivity contribution in [2.75, 3.05) is 11.6 Å². The zero-order valence-electron chi connectivity index (χ0n) is 20.0. The first-order valence-electron chi connectivity index (χ1n) is 11.6. The largest absolute Gasteiger partial charge is 0.457 e. The molecule has 4 aromatic carbocycles. The van der Waals surface area contributed by atoms with Gasteiger partial charge in [0.25, 0.3) is 17.7 Å². The summed E-state index contributed by atoms with van der Waals surface area (Å²) < 4.78 is 5.88. The number of anilines is 1. The summed E-state index contributed by atoms with van der Waals surface area (Å²) in [6.45, 7) is 3.64. The molecule has 0 saturated heterocycles. The van der Waals surface area contributed by atoms with Crippen molar-refractivity contribution in [1.82, 2.24) is 4.90 Å². The highest BCUT2D eigenvalue weighted by Gasteiger charge is 2.37. The number of ether oxygens (including phenoxy) is 1. The number of amides is 3. The van der Waals surface area contributed by atoms with Crippen LogP contribution in [-0.4, -0.2) is 29.3 Å². The van der Waals surface area contributed by atoms with Crippen molar-refractivity contribution in [1.29, 1.82) is 0 Å². The number of para-hydroxylation sites is 1. The summed E-state index contributed by atoms with van der Waals surface area (Å²) in [5.41, 5.74) is 3.60. The molecule has 0 spiro atoms. The first-order chi connectivity index (χ1) is 17.4. The fourth-order valence-corrected chi connectivity index (χ4v) is 4.34. The molecule has 0 saturated carbocycles. The number of carbonyl (C=O) groups excluding carboxylic acids is 3. The van der Waals surface area contributed by atoms with E-state index in [9.17, 15) is 14.4 Å². The van der Waals surface area contributed by atoms with Crippen LogP contribution in [0.4, 0.5) is 5.69 Å². The first-order valence-corrected chi connectivity index (χ1v) is 11.6. The molecule has 1 heterocycles. The molecular weight excluding hydrogens is 452 g/mol. The zero-order valence-corrected chi connectivity index (χ0v) is 20.0. The van der Waals surface area contributed by atoms with E-state index in [2.05, 4.69) is 0 Å². The van der Waals surface area contributed by atoms with Gasteiger partial charge in [0.05, 0.1) is 11.1 Å². The lowest BCUT2D eigenvalue weighted by atomic mass is 10.1. The van der Waals surface area contributed by atoms with Crippen LogP contribution < -0.4 is 9.64 Å². The van der Waals surface area contributed by atoms with E-state index in [4.69, 9.17) is 4.74 Å². The maximum atomic E-state index is 13.7. The normalized spacial score (nSPS) is 12.4. The zero-order chi connectivity index (χ0) is 25.2. The number of imide groups is 1. The van der Waals surface area contributed by atoms with Gasteiger partial charge in [-0.2, -0.15) is 0 Å². The van der Waals surface area contributed by atoms with Crippen LogP contribution in [0.5, 0.6) is 11.5 Å². The molecule has 0 aliphatic carbocycles. The molecular formula is C30H24N2O4. The second-order valence-corrected chi connectivity index (χ2v) is 8.74. The molecule has 1 aliphatic heterocycles. The van der Waals surface area contributed by atoms with Crippen LogP contribution in [-0.2, 0) is 0 Å². The first kappa shape index (κ1) is 23.1. The summed E-state index contributed by atoms with van der Waals surface area (Å²) in [7, 11) is 0. The van der Waals surface area contributed by atoms with E-state index in [1.165, 1.54) is 4.90 Å². The molecule has 6 heteroatoms. The smallest absolute Gasteiger partial charge is 0.263 e. The van der Waals surface area contributed by atoms with Crippen LogP contribution in [0.25, 0.3) is 0 Å². The van der Waals surface area contributed by atoms with Crippen molar-refractivity contribution in [3.8, 4) is 11.5 Å². The summed E-state index contributed by atoms with van der Waals surface area (Å²) in [6, 6.07) is 28.7. The van der Waals surface area contributed by atoms with Crippen LogP contribution >= 0.6 is 0 Å². The molecule has 0 aromatic heterocycles. The monoisotopic (exact) mass is 476 g/mol. The van der Waals surface area contributed by atoms with Gasteiger partial charge in [0.1, 0.15) is 18.2 Å². The van der Waals surface area contributed by atoms with Gasteiger partial charge in [0.2, 0.25) is 0 Å². The van der Waals surface area contributed by atoms with Crippen LogP contribution in [0.3, 0.4) is 0 Å². The SMILES string of the molecule is Cc1cc(C)cc(C(=O)N(CN2C(=O)c3ccccc3C2=O)c2ccc(Oc3ccccc3)cc2)c1. The lowest BCUT2D eigenvalue weighted by molar-refractivity contribution is 0.0650. The predicted molar refractivity (Wildman–Crippen MR) is 137 cm³/mol. The number of hydrogen-bond acceptors (Lipinski definition) is 4. The highest BCUT2D eigenvalue weighted by atomic mass is 16.5. The Labute approximate surface area is 209 Å². The molecule has 1 aliphatic rings. The van der Waals surface area contributed by atoms with Gasteiger partial charge < -0.3 is 4.74 Å². The molecule has 5 rings (SSSR count). The molecule has 36 heavy (non-hydrogen) atoms. The quantitative estimate of drug-likeness (QED) is 0.320. The van der Waals surface area contributed by atoms with Crippen LogP contribution in [0.1, 0.15) is 42.2 Å². The van der Waals surface area contributed by atoms with Crippen molar-refractivity contribution >= 4 is 23.4 Å². The molecule has 3 amide bonds. The van der Waals surface area contributed by atoms with Gasteiger partial charge in [-0.1, -0.05) is 47.5 Å². The Kier molecular flexibility index (Phi) is 6.09. The Morgan fingerprint density at radius 2 is 1.25 bits per heavy atom. The summed E-state index contributed by atoms with van der Waals surface area (Å²) in [5, 5.41) is 0. The number of hydrogen-bond donors (Lipinski definition) is 0. The number of benzene rings is 4. The minimum Gasteiger partial charge on any atom is -0.457 e. The van der Waals surface area contributed by atoms with Crippen LogP contribution in [0.15, 0.2) is 97.1 Å². The summed E-state index contributed by atoms with van der Waals surface area (Å²) in [4.78, 5) is 42.4. The third-order valence-corrected chi connectivity index (χ3v) is 6.00. The second-order valence-electron chi connectivity index (χ2n) is 8.74. The molecule has 0 unspecified atom stereocenters. The van der Waals surface area contributed by atoms with Gasteiger partial charge in [-0.05, 0) is 74.5 Å². The van der Waals surface area contributed by atoms with Gasteiger partial charge >= 0.3 is 0 Å². The third kappa shape index (κ3) is 4.49. The van der Waals surface area contributed by atoms with E-state index in [1.54, 1.807) is 60.7 Å². The maximum Gasteiger partial charge on any atom is 0.263 e. The molecule has 6 nitrogen and oxygen atoms in total. The Morgan fingerprint density at radius 3 is 1.83 bits per heavy atom. The summed E-state index contributed by atoms with van der Waals surface area (Å²) in [6.07, 6.45) is 0. The van der Waals surface area contributed by atoms with Crippen LogP contribution in [0, 0.1) is 13.8 Å². The minimum atomic E-state index is -0.419. The van der Waals surface area contributed by atoms with E-state index in [0.29, 0.717) is 33.9 Å². The van der Waals surface area contributed by atoms with Gasteiger partial charge in [-0.15, -0.1) is 0 Å². The lowest BCUT2D eigenvalue weighted by Gasteiger charge is -2.27. The van der Waals surface area contributed by atoms with Crippen molar-refractivity contribution in [2.45, 2.75) is 13.8 Å².